The van der Waals surface area contributed by atoms with Gasteiger partial charge in [-0.05, 0) is 24.6 Å². The molecule has 0 aliphatic heterocycles. The number of carbonyl (C=O) groups is 1. The lowest BCUT2D eigenvalue weighted by molar-refractivity contribution is -0.139. The van der Waals surface area contributed by atoms with E-state index in [-0.39, 0.29) is 6.42 Å². The van der Waals surface area contributed by atoms with Gasteiger partial charge in [0.15, 0.2) is 11.6 Å². The normalized spacial score (nSPS) is 13.2. The van der Waals surface area contributed by atoms with E-state index in [1.165, 1.54) is 0 Å². The molecule has 2 N–H and O–H groups in total. The van der Waals surface area contributed by atoms with Crippen LogP contribution in [0, 0.1) is 11.6 Å². The van der Waals surface area contributed by atoms with Crippen LogP contribution >= 0.6 is 0 Å². The summed E-state index contributed by atoms with van der Waals surface area (Å²) in [4.78, 5) is 10.3. The zero-order valence-electron chi connectivity index (χ0n) is 10.1. The molecule has 0 unspecified atom stereocenters. The standard InChI is InChI=1S/C11H13F2NO4S/c1-2-3-10(11(15)16)14-19(17,18)7-4-5-8(12)9(13)6-7/h4-6,10,14H,2-3H2,1H3,(H,15,16)/t10-/m1/s1. The Hall–Kier alpha value is -1.54. The van der Waals surface area contributed by atoms with E-state index in [2.05, 4.69) is 0 Å². The zero-order valence-corrected chi connectivity index (χ0v) is 10.9. The van der Waals surface area contributed by atoms with Crippen LogP contribution in [0.4, 0.5) is 8.78 Å². The summed E-state index contributed by atoms with van der Waals surface area (Å²) in [6.45, 7) is 1.70. The molecule has 0 fully saturated rings. The molecule has 1 atom stereocenters. The number of carboxylic acids is 1. The van der Waals surface area contributed by atoms with Crippen LogP contribution in [0.5, 0.6) is 0 Å². The molecular weight excluding hydrogens is 280 g/mol. The largest absolute Gasteiger partial charge is 0.480 e. The maximum atomic E-state index is 13.0. The summed E-state index contributed by atoms with van der Waals surface area (Å²) in [5, 5.41) is 8.85. The molecule has 0 aliphatic carbocycles. The highest BCUT2D eigenvalue weighted by Gasteiger charge is 2.25. The van der Waals surface area contributed by atoms with E-state index >= 15 is 0 Å². The van der Waals surface area contributed by atoms with Crippen LogP contribution in [0.15, 0.2) is 23.1 Å². The Morgan fingerprint density at radius 2 is 2.00 bits per heavy atom. The Bertz CT molecular complexity index is 574. The van der Waals surface area contributed by atoms with Gasteiger partial charge in [0.2, 0.25) is 10.0 Å². The molecule has 0 saturated heterocycles. The highest BCUT2D eigenvalue weighted by Crippen LogP contribution is 2.14. The average molecular weight is 293 g/mol. The van der Waals surface area contributed by atoms with Crippen molar-refractivity contribution in [2.75, 3.05) is 0 Å². The van der Waals surface area contributed by atoms with Crippen molar-refractivity contribution in [3.8, 4) is 0 Å². The zero-order chi connectivity index (χ0) is 14.6. The Kier molecular flexibility index (Phi) is 4.96. The summed E-state index contributed by atoms with van der Waals surface area (Å²) < 4.78 is 51.3. The van der Waals surface area contributed by atoms with Crippen molar-refractivity contribution in [3.05, 3.63) is 29.8 Å². The fraction of sp³-hybridized carbons (Fsp3) is 0.364. The lowest BCUT2D eigenvalue weighted by Crippen LogP contribution is -2.40. The van der Waals surface area contributed by atoms with Crippen molar-refractivity contribution in [2.24, 2.45) is 0 Å². The molecule has 1 aromatic rings. The van der Waals surface area contributed by atoms with Gasteiger partial charge in [-0.25, -0.2) is 17.2 Å². The first kappa shape index (κ1) is 15.5. The summed E-state index contributed by atoms with van der Waals surface area (Å²) in [6.07, 6.45) is 0.551. The molecule has 1 aromatic carbocycles. The second kappa shape index (κ2) is 6.07. The minimum absolute atomic E-state index is 0.0955. The summed E-state index contributed by atoms with van der Waals surface area (Å²) in [5.41, 5.74) is 0. The molecule has 0 aromatic heterocycles. The number of carboxylic acid groups (broad SMARTS) is 1. The lowest BCUT2D eigenvalue weighted by atomic mass is 10.2. The minimum Gasteiger partial charge on any atom is -0.480 e. The first-order valence-electron chi connectivity index (χ1n) is 5.48. The van der Waals surface area contributed by atoms with Crippen LogP contribution in [0.1, 0.15) is 19.8 Å². The molecule has 106 valence electrons. The molecule has 1 rings (SSSR count). The molecule has 0 saturated carbocycles. The van der Waals surface area contributed by atoms with Gasteiger partial charge in [-0.15, -0.1) is 0 Å². The highest BCUT2D eigenvalue weighted by molar-refractivity contribution is 7.89. The van der Waals surface area contributed by atoms with Gasteiger partial charge < -0.3 is 5.11 Å². The average Bonchev–Trinajstić information content (AvgIpc) is 2.31. The Balaban J connectivity index is 3.03. The van der Waals surface area contributed by atoms with Crippen molar-refractivity contribution in [2.45, 2.75) is 30.7 Å². The maximum absolute atomic E-state index is 13.0. The van der Waals surface area contributed by atoms with Crippen LogP contribution in [0.3, 0.4) is 0 Å². The summed E-state index contributed by atoms with van der Waals surface area (Å²) >= 11 is 0. The number of rotatable bonds is 6. The molecule has 5 nitrogen and oxygen atoms in total. The van der Waals surface area contributed by atoms with Gasteiger partial charge in [-0.3, -0.25) is 4.79 Å². The highest BCUT2D eigenvalue weighted by atomic mass is 32.2. The number of halogens is 2. The third-order valence-electron chi connectivity index (χ3n) is 2.37. The van der Waals surface area contributed by atoms with Gasteiger partial charge in [0.05, 0.1) is 4.90 Å². The van der Waals surface area contributed by atoms with Crippen molar-refractivity contribution >= 4 is 16.0 Å². The predicted molar refractivity (Wildman–Crippen MR) is 63.0 cm³/mol. The van der Waals surface area contributed by atoms with Gasteiger partial charge in [0.1, 0.15) is 6.04 Å². The minimum atomic E-state index is -4.20. The van der Waals surface area contributed by atoms with E-state index in [0.29, 0.717) is 18.6 Å². The van der Waals surface area contributed by atoms with Gasteiger partial charge in [0.25, 0.3) is 0 Å². The SMILES string of the molecule is CCC[C@@H](NS(=O)(=O)c1ccc(F)c(F)c1)C(=O)O. The molecule has 0 amide bonds. The van der Waals surface area contributed by atoms with E-state index in [1.807, 2.05) is 4.72 Å². The van der Waals surface area contributed by atoms with E-state index in [4.69, 9.17) is 5.11 Å². The number of aliphatic carboxylic acids is 1. The fourth-order valence-corrected chi connectivity index (χ4v) is 2.66. The van der Waals surface area contributed by atoms with Crippen LogP contribution in [-0.4, -0.2) is 25.5 Å². The molecule has 8 heteroatoms. The Morgan fingerprint density at radius 3 is 2.47 bits per heavy atom. The van der Waals surface area contributed by atoms with Crippen molar-refractivity contribution < 1.29 is 27.1 Å². The summed E-state index contributed by atoms with van der Waals surface area (Å²) in [6, 6.07) is 0.733. The summed E-state index contributed by atoms with van der Waals surface area (Å²) in [7, 11) is -4.20. The monoisotopic (exact) mass is 293 g/mol. The second-order valence-corrected chi connectivity index (χ2v) is 5.59. The molecular formula is C11H13F2NO4S. The number of benzene rings is 1. The van der Waals surface area contributed by atoms with Gasteiger partial charge in [0, 0.05) is 0 Å². The quantitative estimate of drug-likeness (QED) is 0.832. The number of hydrogen-bond donors (Lipinski definition) is 2. The number of nitrogens with one attached hydrogen (secondary N) is 1. The third kappa shape index (κ3) is 3.97. The van der Waals surface area contributed by atoms with Gasteiger partial charge in [-0.2, -0.15) is 4.72 Å². The van der Waals surface area contributed by atoms with Crippen molar-refractivity contribution in [3.63, 3.8) is 0 Å². The van der Waals surface area contributed by atoms with E-state index < -0.39 is 38.6 Å². The van der Waals surface area contributed by atoms with Crippen LogP contribution in [0.2, 0.25) is 0 Å². The first-order chi connectivity index (χ1) is 8.77. The Labute approximate surface area is 109 Å². The maximum Gasteiger partial charge on any atom is 0.321 e. The molecule has 0 spiro atoms. The number of hydrogen-bond acceptors (Lipinski definition) is 3. The van der Waals surface area contributed by atoms with Crippen LogP contribution in [-0.2, 0) is 14.8 Å². The van der Waals surface area contributed by atoms with E-state index in [1.54, 1.807) is 6.92 Å². The molecule has 19 heavy (non-hydrogen) atoms. The van der Waals surface area contributed by atoms with Crippen molar-refractivity contribution in [1.29, 1.82) is 0 Å². The van der Waals surface area contributed by atoms with E-state index in [0.717, 1.165) is 6.07 Å². The lowest BCUT2D eigenvalue weighted by Gasteiger charge is -2.13. The molecule has 0 aliphatic rings. The van der Waals surface area contributed by atoms with Crippen LogP contribution in [0.25, 0.3) is 0 Å². The number of sulfonamides is 1. The third-order valence-corrected chi connectivity index (χ3v) is 3.84. The van der Waals surface area contributed by atoms with Crippen molar-refractivity contribution in [1.82, 2.24) is 4.72 Å². The molecule has 0 bridgehead atoms. The topological polar surface area (TPSA) is 83.5 Å². The first-order valence-corrected chi connectivity index (χ1v) is 6.96. The fourth-order valence-electron chi connectivity index (χ4n) is 1.42. The summed E-state index contributed by atoms with van der Waals surface area (Å²) in [5.74, 6) is -3.82. The molecule has 0 heterocycles. The molecule has 0 radical (unpaired) electrons. The second-order valence-electron chi connectivity index (χ2n) is 3.88. The van der Waals surface area contributed by atoms with Gasteiger partial charge >= 0.3 is 5.97 Å². The Morgan fingerprint density at radius 1 is 1.37 bits per heavy atom. The smallest absolute Gasteiger partial charge is 0.321 e. The van der Waals surface area contributed by atoms with E-state index in [9.17, 15) is 22.0 Å². The predicted octanol–water partition coefficient (Wildman–Crippen LogP) is 1.50. The van der Waals surface area contributed by atoms with Gasteiger partial charge in [-0.1, -0.05) is 13.3 Å². The van der Waals surface area contributed by atoms with Crippen LogP contribution < -0.4 is 4.72 Å².